The van der Waals surface area contributed by atoms with Gasteiger partial charge in [0.1, 0.15) is 6.61 Å². The predicted octanol–water partition coefficient (Wildman–Crippen LogP) is 12.7. The van der Waals surface area contributed by atoms with E-state index in [4.69, 9.17) is 18.5 Å². The van der Waals surface area contributed by atoms with Crippen LogP contribution in [-0.2, 0) is 32.7 Å². The maximum Gasteiger partial charge on any atom is 0.472 e. The first-order valence-corrected chi connectivity index (χ1v) is 23.4. The second-order valence-corrected chi connectivity index (χ2v) is 15.9. The highest BCUT2D eigenvalue weighted by Gasteiger charge is 2.26. The molecule has 10 heteroatoms. The Morgan fingerprint density at radius 1 is 0.561 bits per heavy atom. The molecule has 0 aromatic heterocycles. The highest BCUT2D eigenvalue weighted by Crippen LogP contribution is 2.43. The van der Waals surface area contributed by atoms with Crippen molar-refractivity contribution in [3.63, 3.8) is 0 Å². The van der Waals surface area contributed by atoms with E-state index < -0.39 is 32.5 Å². The Balaban J connectivity index is 4.41. The van der Waals surface area contributed by atoms with Gasteiger partial charge in [0.05, 0.1) is 13.2 Å². The molecule has 0 saturated carbocycles. The molecule has 9 nitrogen and oxygen atoms in total. The van der Waals surface area contributed by atoms with Crippen LogP contribution in [0.25, 0.3) is 0 Å². The average molecular weight is 818 g/mol. The molecule has 0 bridgehead atoms. The van der Waals surface area contributed by atoms with Crippen LogP contribution in [0.4, 0.5) is 0 Å². The van der Waals surface area contributed by atoms with Gasteiger partial charge in [-0.3, -0.25) is 18.6 Å². The standard InChI is InChI=1S/C47H80NO8P/c1-5-7-9-11-13-15-17-19-21-23-25-27-29-31-33-35-37-39-46(49)53-43-45(44-55-57(51,52)54-42-41-48(3)4)56-47(50)40-38-36-34-32-30-28-26-24-22-20-18-16-14-12-10-8-6-2/h7,9,13-16,19-22,25,27,31,33,45H,5-6,8,10-12,17-18,23-24,26,28-30,32,34-44H2,1-4H3,(H,51,52)/b9-7-,15-13-,16-14-,21-19-,22-20-,27-25-,33-31-. The van der Waals surface area contributed by atoms with Crippen LogP contribution in [0.15, 0.2) is 85.1 Å². The first kappa shape index (κ1) is 54.2. The first-order chi connectivity index (χ1) is 27.7. The van der Waals surface area contributed by atoms with E-state index in [0.29, 0.717) is 19.4 Å². The van der Waals surface area contributed by atoms with E-state index in [-0.39, 0.29) is 26.1 Å². The van der Waals surface area contributed by atoms with E-state index in [1.807, 2.05) is 20.2 Å². The number of carbonyl (C=O) groups is 2. The summed E-state index contributed by atoms with van der Waals surface area (Å²) in [5.74, 6) is -0.888. The zero-order chi connectivity index (χ0) is 41.9. The van der Waals surface area contributed by atoms with Gasteiger partial charge in [0.2, 0.25) is 0 Å². The summed E-state index contributed by atoms with van der Waals surface area (Å²) in [6.45, 7) is 4.09. The molecule has 0 heterocycles. The van der Waals surface area contributed by atoms with Crippen LogP contribution in [-0.4, -0.2) is 68.3 Å². The van der Waals surface area contributed by atoms with Crippen molar-refractivity contribution in [1.82, 2.24) is 4.90 Å². The molecule has 0 radical (unpaired) electrons. The molecule has 0 saturated heterocycles. The minimum Gasteiger partial charge on any atom is -0.462 e. The number of phosphoric ester groups is 1. The topological polar surface area (TPSA) is 112 Å². The molecule has 57 heavy (non-hydrogen) atoms. The van der Waals surface area contributed by atoms with Gasteiger partial charge in [-0.15, -0.1) is 0 Å². The lowest BCUT2D eigenvalue weighted by atomic mass is 10.1. The summed E-state index contributed by atoms with van der Waals surface area (Å²) in [5.41, 5.74) is 0. The Morgan fingerprint density at radius 3 is 1.54 bits per heavy atom. The van der Waals surface area contributed by atoms with E-state index in [0.717, 1.165) is 70.6 Å². The third-order valence-corrected chi connectivity index (χ3v) is 9.67. The van der Waals surface area contributed by atoms with E-state index in [1.165, 1.54) is 44.9 Å². The molecule has 2 atom stereocenters. The fourth-order valence-corrected chi connectivity index (χ4v) is 6.08. The number of rotatable bonds is 39. The quantitative estimate of drug-likeness (QED) is 0.0280. The summed E-state index contributed by atoms with van der Waals surface area (Å²) in [7, 11) is -0.752. The van der Waals surface area contributed by atoms with Gasteiger partial charge in [0, 0.05) is 19.4 Å². The van der Waals surface area contributed by atoms with E-state index in [2.05, 4.69) is 92.8 Å². The van der Waals surface area contributed by atoms with E-state index >= 15 is 0 Å². The molecule has 2 unspecified atom stereocenters. The summed E-state index contributed by atoms with van der Waals surface area (Å²) in [4.78, 5) is 37.0. The summed E-state index contributed by atoms with van der Waals surface area (Å²) in [6.07, 6.45) is 50.6. The van der Waals surface area contributed by atoms with Gasteiger partial charge < -0.3 is 19.3 Å². The van der Waals surface area contributed by atoms with Crippen molar-refractivity contribution in [2.75, 3.05) is 40.5 Å². The third kappa shape index (κ3) is 42.6. The van der Waals surface area contributed by atoms with Gasteiger partial charge >= 0.3 is 19.8 Å². The van der Waals surface area contributed by atoms with Crippen molar-refractivity contribution in [3.05, 3.63) is 85.1 Å². The molecular weight excluding hydrogens is 737 g/mol. The van der Waals surface area contributed by atoms with Crippen LogP contribution in [0.2, 0.25) is 0 Å². The Morgan fingerprint density at radius 2 is 1.02 bits per heavy atom. The number of nitrogens with zero attached hydrogens (tertiary/aromatic N) is 1. The Bertz CT molecular complexity index is 1220. The third-order valence-electron chi connectivity index (χ3n) is 8.69. The van der Waals surface area contributed by atoms with Crippen molar-refractivity contribution >= 4 is 19.8 Å². The van der Waals surface area contributed by atoms with Crippen molar-refractivity contribution in [2.24, 2.45) is 0 Å². The lowest BCUT2D eigenvalue weighted by Crippen LogP contribution is -2.29. The largest absolute Gasteiger partial charge is 0.472 e. The number of ether oxygens (including phenoxy) is 2. The maximum absolute atomic E-state index is 12.7. The molecule has 0 aliphatic carbocycles. The lowest BCUT2D eigenvalue weighted by molar-refractivity contribution is -0.161. The van der Waals surface area contributed by atoms with Gasteiger partial charge in [0.15, 0.2) is 6.10 Å². The number of carbonyl (C=O) groups excluding carboxylic acids is 2. The number of likely N-dealkylation sites (N-methyl/N-ethyl adjacent to an activating group) is 1. The number of esters is 2. The maximum atomic E-state index is 12.7. The summed E-state index contributed by atoms with van der Waals surface area (Å²) in [5, 5.41) is 0. The van der Waals surface area contributed by atoms with Crippen molar-refractivity contribution in [3.8, 4) is 0 Å². The van der Waals surface area contributed by atoms with Gasteiger partial charge in [-0.1, -0.05) is 144 Å². The summed E-state index contributed by atoms with van der Waals surface area (Å²) >= 11 is 0. The molecule has 326 valence electrons. The zero-order valence-electron chi connectivity index (χ0n) is 36.2. The van der Waals surface area contributed by atoms with Crippen LogP contribution < -0.4 is 0 Å². The van der Waals surface area contributed by atoms with Crippen LogP contribution >= 0.6 is 7.82 Å². The van der Waals surface area contributed by atoms with Crippen LogP contribution in [0.3, 0.4) is 0 Å². The zero-order valence-corrected chi connectivity index (χ0v) is 37.1. The molecule has 0 aromatic carbocycles. The predicted molar refractivity (Wildman–Crippen MR) is 238 cm³/mol. The minimum absolute atomic E-state index is 0.00766. The first-order valence-electron chi connectivity index (χ1n) is 21.9. The number of allylic oxidation sites excluding steroid dienone is 14. The summed E-state index contributed by atoms with van der Waals surface area (Å²) in [6, 6.07) is 0. The average Bonchev–Trinajstić information content (AvgIpc) is 3.18. The van der Waals surface area contributed by atoms with Gasteiger partial charge in [-0.25, -0.2) is 4.57 Å². The summed E-state index contributed by atoms with van der Waals surface area (Å²) < 4.78 is 33.4. The van der Waals surface area contributed by atoms with E-state index in [1.54, 1.807) is 4.90 Å². The minimum atomic E-state index is -4.38. The molecule has 0 fully saturated rings. The van der Waals surface area contributed by atoms with E-state index in [9.17, 15) is 19.0 Å². The van der Waals surface area contributed by atoms with Crippen molar-refractivity contribution < 1.29 is 37.6 Å². The number of unbranched alkanes of at least 4 members (excludes halogenated alkanes) is 11. The van der Waals surface area contributed by atoms with Gasteiger partial charge in [-0.2, -0.15) is 0 Å². The highest BCUT2D eigenvalue weighted by atomic mass is 31.2. The molecular formula is C47H80NO8P. The molecule has 0 amide bonds. The Hall–Kier alpha value is -2.81. The number of hydrogen-bond donors (Lipinski definition) is 1. The molecule has 0 spiro atoms. The molecule has 0 aliphatic heterocycles. The van der Waals surface area contributed by atoms with Gasteiger partial charge in [-0.05, 0) is 97.6 Å². The molecule has 0 aliphatic rings. The fourth-order valence-electron chi connectivity index (χ4n) is 5.34. The SMILES string of the molecule is CC/C=C\C/C=C\C/C=C\C/C=C\C/C=C\CCCC(=O)OCC(COP(=O)(O)OCCN(C)C)OC(=O)CCCCCCCCC/C=C\C/C=C\CCCCC. The van der Waals surface area contributed by atoms with Gasteiger partial charge in [0.25, 0.3) is 0 Å². The van der Waals surface area contributed by atoms with Crippen LogP contribution in [0.5, 0.6) is 0 Å². The van der Waals surface area contributed by atoms with Crippen LogP contribution in [0, 0.1) is 0 Å². The van der Waals surface area contributed by atoms with Crippen molar-refractivity contribution in [2.45, 2.75) is 161 Å². The fraction of sp³-hybridized carbons (Fsp3) is 0.660. The Kier molecular flexibility index (Phi) is 39.3. The molecule has 0 aromatic rings. The van der Waals surface area contributed by atoms with Crippen LogP contribution in [0.1, 0.15) is 155 Å². The smallest absolute Gasteiger partial charge is 0.462 e. The second-order valence-electron chi connectivity index (χ2n) is 14.5. The normalized spacial score (nSPS) is 14.2. The molecule has 1 N–H and O–H groups in total. The monoisotopic (exact) mass is 818 g/mol. The number of hydrogen-bond acceptors (Lipinski definition) is 8. The number of phosphoric acid groups is 1. The Labute approximate surface area is 348 Å². The molecule has 0 rings (SSSR count). The lowest BCUT2D eigenvalue weighted by Gasteiger charge is -2.20. The highest BCUT2D eigenvalue weighted by molar-refractivity contribution is 7.47. The second kappa shape index (κ2) is 41.4. The van der Waals surface area contributed by atoms with Crippen molar-refractivity contribution in [1.29, 1.82) is 0 Å².